The second-order valence-corrected chi connectivity index (χ2v) is 8.75. The van der Waals surface area contributed by atoms with Crippen LogP contribution in [0.1, 0.15) is 36.0 Å². The predicted octanol–water partition coefficient (Wildman–Crippen LogP) is 5.32. The van der Waals surface area contributed by atoms with Gasteiger partial charge in [0.2, 0.25) is 5.91 Å². The Labute approximate surface area is 204 Å². The Bertz CT molecular complexity index is 1330. The first-order valence-corrected chi connectivity index (χ1v) is 11.5. The van der Waals surface area contributed by atoms with Crippen LogP contribution in [0.4, 0.5) is 11.4 Å². The second kappa shape index (κ2) is 9.11. The standard InChI is InChI=1S/C27H25N5OS/c1-18-7-5-8-22(17-18)31-16-6-10-24(31)26-25(23-9-3-4-15-28-23)30-27(34)32(26)21-13-11-20(12-14-21)29-19(2)33/h3-17,25-26H,1-2H3,(H,29,33)(H,30,34)/t25-,26-/m0/s1. The Morgan fingerprint density at radius 3 is 2.53 bits per heavy atom. The normalized spacial score (nSPS) is 17.5. The lowest BCUT2D eigenvalue weighted by molar-refractivity contribution is -0.114. The van der Waals surface area contributed by atoms with E-state index in [0.29, 0.717) is 5.11 Å². The van der Waals surface area contributed by atoms with Gasteiger partial charge in [-0.2, -0.15) is 0 Å². The van der Waals surface area contributed by atoms with Gasteiger partial charge in [0.15, 0.2) is 5.11 Å². The quantitative estimate of drug-likeness (QED) is 0.389. The zero-order valence-electron chi connectivity index (χ0n) is 19.0. The minimum atomic E-state index is -0.137. The molecule has 0 unspecified atom stereocenters. The third-order valence-corrected chi connectivity index (χ3v) is 6.24. The first-order valence-electron chi connectivity index (χ1n) is 11.1. The van der Waals surface area contributed by atoms with Crippen LogP contribution in [-0.2, 0) is 4.79 Å². The van der Waals surface area contributed by atoms with E-state index >= 15 is 0 Å². The van der Waals surface area contributed by atoms with Crippen molar-refractivity contribution in [3.05, 3.63) is 108 Å². The largest absolute Gasteiger partial charge is 0.351 e. The molecule has 34 heavy (non-hydrogen) atoms. The van der Waals surface area contributed by atoms with Crippen LogP contribution in [-0.4, -0.2) is 20.6 Å². The highest BCUT2D eigenvalue weighted by molar-refractivity contribution is 7.80. The summed E-state index contributed by atoms with van der Waals surface area (Å²) in [6.45, 7) is 3.60. The summed E-state index contributed by atoms with van der Waals surface area (Å²) < 4.78 is 2.21. The van der Waals surface area contributed by atoms with Crippen molar-refractivity contribution in [3.63, 3.8) is 0 Å². The number of anilines is 2. The molecule has 170 valence electrons. The Hall–Kier alpha value is -3.97. The van der Waals surface area contributed by atoms with E-state index in [2.05, 4.69) is 74.6 Å². The second-order valence-electron chi connectivity index (χ2n) is 8.37. The molecule has 3 heterocycles. The number of hydrogen-bond donors (Lipinski definition) is 2. The third-order valence-electron chi connectivity index (χ3n) is 5.93. The summed E-state index contributed by atoms with van der Waals surface area (Å²) in [6.07, 6.45) is 3.89. The molecule has 1 amide bonds. The summed E-state index contributed by atoms with van der Waals surface area (Å²) in [5.74, 6) is -0.102. The number of aromatic nitrogens is 2. The summed E-state index contributed by atoms with van der Waals surface area (Å²) in [7, 11) is 0. The molecule has 7 heteroatoms. The molecule has 2 aromatic heterocycles. The van der Waals surface area contributed by atoms with Crippen LogP contribution in [0.5, 0.6) is 0 Å². The van der Waals surface area contributed by atoms with E-state index in [1.165, 1.54) is 12.5 Å². The predicted molar refractivity (Wildman–Crippen MR) is 139 cm³/mol. The zero-order chi connectivity index (χ0) is 23.7. The average molecular weight is 468 g/mol. The number of carbonyl (C=O) groups is 1. The van der Waals surface area contributed by atoms with Crippen LogP contribution >= 0.6 is 12.2 Å². The monoisotopic (exact) mass is 467 g/mol. The fourth-order valence-electron chi connectivity index (χ4n) is 4.49. The summed E-state index contributed by atoms with van der Waals surface area (Å²) >= 11 is 5.84. The van der Waals surface area contributed by atoms with E-state index in [-0.39, 0.29) is 18.0 Å². The number of pyridine rings is 1. The highest BCUT2D eigenvalue weighted by Gasteiger charge is 2.42. The Morgan fingerprint density at radius 1 is 1.00 bits per heavy atom. The number of thiocarbonyl (C=S) groups is 1. The van der Waals surface area contributed by atoms with Crippen LogP contribution in [0.3, 0.4) is 0 Å². The molecule has 1 aliphatic rings. The van der Waals surface area contributed by atoms with Gasteiger partial charge < -0.3 is 20.1 Å². The summed E-state index contributed by atoms with van der Waals surface area (Å²) in [6, 6.07) is 26.1. The number of carbonyl (C=O) groups excluding carboxylic acids is 1. The number of benzene rings is 2. The molecule has 1 aliphatic heterocycles. The van der Waals surface area contributed by atoms with Crippen LogP contribution in [0.2, 0.25) is 0 Å². The minimum Gasteiger partial charge on any atom is -0.351 e. The summed E-state index contributed by atoms with van der Waals surface area (Å²) in [5.41, 5.74) is 5.99. The molecular formula is C27H25N5OS. The molecule has 0 saturated carbocycles. The molecule has 4 aromatic rings. The minimum absolute atomic E-state index is 0.102. The highest BCUT2D eigenvalue weighted by atomic mass is 32.1. The van der Waals surface area contributed by atoms with Gasteiger partial charge in [-0.05, 0) is 85.4 Å². The maximum Gasteiger partial charge on any atom is 0.221 e. The SMILES string of the molecule is CC(=O)Nc1ccc(N2C(=S)N[C@@H](c3ccccn3)[C@@H]2c2cccn2-c2cccc(C)c2)cc1. The molecule has 2 aromatic carbocycles. The van der Waals surface area contributed by atoms with Crippen molar-refractivity contribution in [1.29, 1.82) is 0 Å². The van der Waals surface area contributed by atoms with Gasteiger partial charge in [-0.1, -0.05) is 18.2 Å². The van der Waals surface area contributed by atoms with Crippen molar-refractivity contribution in [2.45, 2.75) is 25.9 Å². The third kappa shape index (κ3) is 4.18. The lowest BCUT2D eigenvalue weighted by Crippen LogP contribution is -2.30. The van der Waals surface area contributed by atoms with E-state index in [4.69, 9.17) is 12.2 Å². The fraction of sp³-hybridized carbons (Fsp3) is 0.148. The van der Waals surface area contributed by atoms with Gasteiger partial charge in [0.25, 0.3) is 0 Å². The molecule has 2 N–H and O–H groups in total. The molecule has 5 rings (SSSR count). The van der Waals surface area contributed by atoms with Gasteiger partial charge in [0, 0.05) is 42.1 Å². The van der Waals surface area contributed by atoms with Gasteiger partial charge in [0.05, 0.1) is 11.7 Å². The van der Waals surface area contributed by atoms with E-state index < -0.39 is 0 Å². The maximum absolute atomic E-state index is 11.4. The van der Waals surface area contributed by atoms with Crippen molar-refractivity contribution in [3.8, 4) is 5.69 Å². The average Bonchev–Trinajstić information content (AvgIpc) is 3.44. The van der Waals surface area contributed by atoms with Crippen LogP contribution < -0.4 is 15.5 Å². The van der Waals surface area contributed by atoms with Crippen LogP contribution in [0.25, 0.3) is 5.69 Å². The summed E-state index contributed by atoms with van der Waals surface area (Å²) in [5, 5.41) is 6.96. The smallest absolute Gasteiger partial charge is 0.221 e. The first-order chi connectivity index (χ1) is 16.5. The first kappa shape index (κ1) is 21.9. The maximum atomic E-state index is 11.4. The summed E-state index contributed by atoms with van der Waals surface area (Å²) in [4.78, 5) is 18.2. The van der Waals surface area contributed by atoms with E-state index in [0.717, 1.165) is 28.5 Å². The van der Waals surface area contributed by atoms with Gasteiger partial charge in [-0.3, -0.25) is 9.78 Å². The molecular weight excluding hydrogens is 442 g/mol. The van der Waals surface area contributed by atoms with Crippen molar-refractivity contribution in [2.24, 2.45) is 0 Å². The molecule has 0 radical (unpaired) electrons. The van der Waals surface area contributed by atoms with Crippen molar-refractivity contribution in [1.82, 2.24) is 14.9 Å². The van der Waals surface area contributed by atoms with Gasteiger partial charge in [-0.15, -0.1) is 0 Å². The topological polar surface area (TPSA) is 62.2 Å². The lowest BCUT2D eigenvalue weighted by atomic mass is 10.0. The Kier molecular flexibility index (Phi) is 5.86. The van der Waals surface area contributed by atoms with Crippen molar-refractivity contribution in [2.75, 3.05) is 10.2 Å². The molecule has 6 nitrogen and oxygen atoms in total. The highest BCUT2D eigenvalue weighted by Crippen LogP contribution is 2.42. The molecule has 0 bridgehead atoms. The number of nitrogens with one attached hydrogen (secondary N) is 2. The van der Waals surface area contributed by atoms with Gasteiger partial charge in [0.1, 0.15) is 6.04 Å². The van der Waals surface area contributed by atoms with E-state index in [1.54, 1.807) is 0 Å². The molecule has 2 atom stereocenters. The number of nitrogens with zero attached hydrogens (tertiary/aromatic N) is 3. The van der Waals surface area contributed by atoms with Gasteiger partial charge >= 0.3 is 0 Å². The van der Waals surface area contributed by atoms with Crippen molar-refractivity contribution < 1.29 is 4.79 Å². The van der Waals surface area contributed by atoms with Crippen LogP contribution in [0.15, 0.2) is 91.3 Å². The number of rotatable bonds is 5. The molecule has 0 spiro atoms. The number of aryl methyl sites for hydroxylation is 1. The number of amides is 1. The zero-order valence-corrected chi connectivity index (χ0v) is 19.8. The fourth-order valence-corrected chi connectivity index (χ4v) is 4.84. The van der Waals surface area contributed by atoms with Crippen LogP contribution in [0, 0.1) is 6.92 Å². The lowest BCUT2D eigenvalue weighted by Gasteiger charge is -2.29. The molecule has 1 saturated heterocycles. The Balaban J connectivity index is 1.62. The van der Waals surface area contributed by atoms with Gasteiger partial charge in [-0.25, -0.2) is 0 Å². The van der Waals surface area contributed by atoms with E-state index in [9.17, 15) is 4.79 Å². The van der Waals surface area contributed by atoms with Crippen molar-refractivity contribution >= 4 is 34.6 Å². The molecule has 1 fully saturated rings. The molecule has 0 aliphatic carbocycles. The van der Waals surface area contributed by atoms with E-state index in [1.807, 2.05) is 48.7 Å². The Morgan fingerprint density at radius 2 is 1.82 bits per heavy atom. The number of hydrogen-bond acceptors (Lipinski definition) is 3.